The number of benzene rings is 2. The minimum atomic E-state index is -0.397. The number of β-amino-alcohol motifs (C(OH)–C–C–N with tert-alkyl or cyclic N) is 1. The highest BCUT2D eigenvalue weighted by Crippen LogP contribution is 2.43. The zero-order valence-corrected chi connectivity index (χ0v) is 27.2. The summed E-state index contributed by atoms with van der Waals surface area (Å²) in [6, 6.07) is 15.4. The summed E-state index contributed by atoms with van der Waals surface area (Å²) in [5.74, 6) is 0.835. The number of methoxy groups -OCH3 is 3. The summed E-state index contributed by atoms with van der Waals surface area (Å²) in [7, 11) is 4.56. The molecule has 2 aromatic carbocycles. The molecular weight excluding hydrogens is 615 g/mol. The van der Waals surface area contributed by atoms with E-state index in [0.29, 0.717) is 52.5 Å². The fourth-order valence-corrected chi connectivity index (χ4v) is 6.28. The van der Waals surface area contributed by atoms with Crippen LogP contribution in [0.15, 0.2) is 54.7 Å². The van der Waals surface area contributed by atoms with E-state index in [1.165, 1.54) is 12.7 Å². The number of ether oxygens (including phenoxy) is 3. The van der Waals surface area contributed by atoms with E-state index in [4.69, 9.17) is 37.7 Å². The van der Waals surface area contributed by atoms with Gasteiger partial charge in [0, 0.05) is 65.8 Å². The van der Waals surface area contributed by atoms with E-state index in [0.717, 1.165) is 46.5 Å². The number of halogens is 2. The molecule has 1 atom stereocenters. The number of hydrogen-bond acceptors (Lipinski definition) is 9. The van der Waals surface area contributed by atoms with Crippen molar-refractivity contribution in [1.29, 1.82) is 0 Å². The number of carbonyl (C=O) groups excluding carboxylic acids is 1. The van der Waals surface area contributed by atoms with Gasteiger partial charge in [0.25, 0.3) is 0 Å². The van der Waals surface area contributed by atoms with E-state index in [1.807, 2.05) is 42.5 Å². The second kappa shape index (κ2) is 14.6. The predicted octanol–water partition coefficient (Wildman–Crippen LogP) is 5.80. The Balaban J connectivity index is 1.47. The van der Waals surface area contributed by atoms with Crippen molar-refractivity contribution in [3.8, 4) is 45.3 Å². The Morgan fingerprint density at radius 1 is 1.04 bits per heavy atom. The first-order valence-electron chi connectivity index (χ1n) is 14.6. The Kier molecular flexibility index (Phi) is 10.6. The number of carbonyl (C=O) groups is 1. The van der Waals surface area contributed by atoms with E-state index in [1.54, 1.807) is 27.3 Å². The van der Waals surface area contributed by atoms with Gasteiger partial charge in [0.15, 0.2) is 0 Å². The number of nitrogens with zero attached hydrogens (tertiary/aromatic N) is 3. The largest absolute Gasteiger partial charge is 0.496 e. The van der Waals surface area contributed by atoms with Crippen molar-refractivity contribution in [2.45, 2.75) is 32.5 Å². The van der Waals surface area contributed by atoms with Gasteiger partial charge in [0.1, 0.15) is 5.75 Å². The molecule has 4 aromatic rings. The maximum atomic E-state index is 11.5. The summed E-state index contributed by atoms with van der Waals surface area (Å²) in [6.45, 7) is 4.42. The Bertz CT molecular complexity index is 1680. The number of esters is 1. The maximum absolute atomic E-state index is 11.5. The molecule has 0 saturated carbocycles. The minimum Gasteiger partial charge on any atom is -0.496 e. The van der Waals surface area contributed by atoms with E-state index in [9.17, 15) is 9.90 Å². The molecule has 11 heteroatoms. The summed E-state index contributed by atoms with van der Waals surface area (Å²) in [4.78, 5) is 23.1. The average Bonchev–Trinajstić information content (AvgIpc) is 3.04. The number of aliphatic hydroxyl groups is 1. The zero-order valence-electron chi connectivity index (χ0n) is 25.7. The number of aliphatic hydroxyl groups excluding tert-OH is 1. The molecule has 0 unspecified atom stereocenters. The van der Waals surface area contributed by atoms with Crippen LogP contribution in [0, 0.1) is 0 Å². The molecule has 0 bridgehead atoms. The third-order valence-electron chi connectivity index (χ3n) is 7.80. The number of rotatable bonds is 11. The number of hydrogen-bond donors (Lipinski definition) is 2. The summed E-state index contributed by atoms with van der Waals surface area (Å²) in [5.41, 5.74) is 7.40. The van der Waals surface area contributed by atoms with E-state index in [-0.39, 0.29) is 12.5 Å². The van der Waals surface area contributed by atoms with E-state index >= 15 is 0 Å². The van der Waals surface area contributed by atoms with Crippen molar-refractivity contribution >= 4 is 29.2 Å². The van der Waals surface area contributed by atoms with Crippen LogP contribution in [0.3, 0.4) is 0 Å². The van der Waals surface area contributed by atoms with E-state index in [2.05, 4.69) is 26.0 Å². The van der Waals surface area contributed by atoms with Crippen LogP contribution in [0.25, 0.3) is 33.6 Å². The molecule has 3 heterocycles. The number of pyridine rings is 2. The van der Waals surface area contributed by atoms with Gasteiger partial charge in [-0.25, -0.2) is 4.98 Å². The Labute approximate surface area is 273 Å². The molecule has 5 rings (SSSR count). The van der Waals surface area contributed by atoms with Gasteiger partial charge < -0.3 is 24.6 Å². The molecule has 2 N–H and O–H groups in total. The lowest BCUT2D eigenvalue weighted by molar-refractivity contribution is -0.139. The third-order valence-corrected chi connectivity index (χ3v) is 8.58. The smallest absolute Gasteiger partial charge is 0.319 e. The van der Waals surface area contributed by atoms with Crippen molar-refractivity contribution in [1.82, 2.24) is 20.2 Å². The quantitative estimate of drug-likeness (QED) is 0.195. The first-order chi connectivity index (χ1) is 21.7. The van der Waals surface area contributed by atoms with Gasteiger partial charge in [0.2, 0.25) is 5.88 Å². The van der Waals surface area contributed by atoms with Gasteiger partial charge in [-0.2, -0.15) is 0 Å². The van der Waals surface area contributed by atoms with Crippen LogP contribution < -0.4 is 14.8 Å². The van der Waals surface area contributed by atoms with Crippen LogP contribution in [0.5, 0.6) is 11.6 Å². The molecule has 0 spiro atoms. The first-order valence-corrected chi connectivity index (χ1v) is 15.3. The number of nitrogens with one attached hydrogen (secondary N) is 1. The van der Waals surface area contributed by atoms with Crippen molar-refractivity contribution in [2.75, 3.05) is 41.0 Å². The first kappa shape index (κ1) is 32.7. The van der Waals surface area contributed by atoms with Crippen LogP contribution >= 0.6 is 23.2 Å². The standard InChI is InChI=1S/C34H36Cl2N4O5/c1-20(41)18-40-13-11-21-14-23(15-29(43-2)27(21)19-40)33-32(36)25(10-12-38-33)24-6-5-7-26(31(24)35)28-9-8-22(34(39-28)45-4)16-37-17-30(42)44-3/h5-10,12,14-15,20,37,41H,11,13,16-19H2,1-4H3/t20-/m1/s1. The average molecular weight is 652 g/mol. The van der Waals surface area contributed by atoms with Gasteiger partial charge in [-0.3, -0.25) is 14.7 Å². The van der Waals surface area contributed by atoms with Crippen molar-refractivity contribution in [3.63, 3.8) is 0 Å². The van der Waals surface area contributed by atoms with Crippen molar-refractivity contribution in [2.24, 2.45) is 0 Å². The second-order valence-electron chi connectivity index (χ2n) is 10.9. The normalized spacial score (nSPS) is 13.7. The van der Waals surface area contributed by atoms with Gasteiger partial charge in [-0.15, -0.1) is 0 Å². The summed E-state index contributed by atoms with van der Waals surface area (Å²) >= 11 is 14.1. The van der Waals surface area contributed by atoms with Crippen molar-refractivity contribution < 1.29 is 24.1 Å². The summed E-state index contributed by atoms with van der Waals surface area (Å²) in [5, 5.41) is 13.9. The zero-order chi connectivity index (χ0) is 32.1. The molecule has 45 heavy (non-hydrogen) atoms. The van der Waals surface area contributed by atoms with Crippen LogP contribution in [0.1, 0.15) is 23.6 Å². The van der Waals surface area contributed by atoms with Crippen LogP contribution in [0.2, 0.25) is 10.0 Å². The molecule has 1 aliphatic rings. The van der Waals surface area contributed by atoms with Crippen LogP contribution in [-0.4, -0.2) is 73.0 Å². The lowest BCUT2D eigenvalue weighted by Crippen LogP contribution is -2.35. The fraction of sp³-hybridized carbons (Fsp3) is 0.324. The monoisotopic (exact) mass is 650 g/mol. The van der Waals surface area contributed by atoms with E-state index < -0.39 is 6.10 Å². The summed E-state index contributed by atoms with van der Waals surface area (Å²) in [6.07, 6.45) is 2.16. The Morgan fingerprint density at radius 3 is 2.56 bits per heavy atom. The summed E-state index contributed by atoms with van der Waals surface area (Å²) < 4.78 is 16.0. The molecule has 1 aliphatic heterocycles. The Hall–Kier alpha value is -3.73. The molecule has 9 nitrogen and oxygen atoms in total. The van der Waals surface area contributed by atoms with Gasteiger partial charge in [-0.1, -0.05) is 47.5 Å². The lowest BCUT2D eigenvalue weighted by atomic mass is 9.93. The molecule has 0 aliphatic carbocycles. The fourth-order valence-electron chi connectivity index (χ4n) is 5.63. The molecule has 2 aromatic heterocycles. The molecule has 0 fully saturated rings. The number of fused-ring (bicyclic) bond motifs is 1. The van der Waals surface area contributed by atoms with Gasteiger partial charge >= 0.3 is 5.97 Å². The highest BCUT2D eigenvalue weighted by molar-refractivity contribution is 6.39. The predicted molar refractivity (Wildman–Crippen MR) is 176 cm³/mol. The van der Waals surface area contributed by atoms with Crippen LogP contribution in [0.4, 0.5) is 0 Å². The second-order valence-corrected chi connectivity index (χ2v) is 11.6. The van der Waals surface area contributed by atoms with Crippen LogP contribution in [-0.2, 0) is 29.0 Å². The lowest BCUT2D eigenvalue weighted by Gasteiger charge is -2.31. The maximum Gasteiger partial charge on any atom is 0.319 e. The molecule has 0 radical (unpaired) electrons. The molecule has 236 valence electrons. The Morgan fingerprint density at radius 2 is 1.82 bits per heavy atom. The molecule has 0 amide bonds. The third kappa shape index (κ3) is 7.24. The molecular formula is C34H36Cl2N4O5. The van der Waals surface area contributed by atoms with Gasteiger partial charge in [-0.05, 0) is 43.2 Å². The highest BCUT2D eigenvalue weighted by atomic mass is 35.5. The SMILES string of the molecule is COC(=O)CNCc1ccc(-c2cccc(-c3ccnc(-c4cc5c(c(OC)c4)CN(C[C@@H](C)O)CC5)c3Cl)c2Cl)nc1OC. The minimum absolute atomic E-state index is 0.0742. The van der Waals surface area contributed by atoms with Gasteiger partial charge in [0.05, 0.1) is 55.4 Å². The highest BCUT2D eigenvalue weighted by Gasteiger charge is 2.24. The number of aromatic nitrogens is 2. The topological polar surface area (TPSA) is 106 Å². The molecule has 0 saturated heterocycles. The van der Waals surface area contributed by atoms with Crippen molar-refractivity contribution in [3.05, 3.63) is 81.5 Å².